The summed E-state index contributed by atoms with van der Waals surface area (Å²) in [6.07, 6.45) is 6.75. The molecule has 0 radical (unpaired) electrons. The minimum absolute atomic E-state index is 0.145. The Morgan fingerprint density at radius 1 is 1.07 bits per heavy atom. The lowest BCUT2D eigenvalue weighted by atomic mass is 9.86. The lowest BCUT2D eigenvalue weighted by Gasteiger charge is -2.40. The minimum Gasteiger partial charge on any atom is -0.493 e. The Hall–Kier alpha value is -1.95. The van der Waals surface area contributed by atoms with Crippen LogP contribution in [-0.4, -0.2) is 81.3 Å². The zero-order valence-electron chi connectivity index (χ0n) is 19.4. The Morgan fingerprint density at radius 3 is 2.27 bits per heavy atom. The van der Waals surface area contributed by atoms with Gasteiger partial charge in [0.25, 0.3) is 0 Å². The van der Waals surface area contributed by atoms with Gasteiger partial charge in [0.15, 0.2) is 11.5 Å². The van der Waals surface area contributed by atoms with E-state index in [4.69, 9.17) is 9.47 Å². The third-order valence-electron chi connectivity index (χ3n) is 6.70. The van der Waals surface area contributed by atoms with Crippen molar-refractivity contribution in [3.8, 4) is 11.5 Å². The highest BCUT2D eigenvalue weighted by atomic mass is 16.5. The third-order valence-corrected chi connectivity index (χ3v) is 6.70. The average Bonchev–Trinajstić information content (AvgIpc) is 2.77. The molecule has 0 saturated carbocycles. The fraction of sp³-hybridized carbons (Fsp3) is 0.708. The summed E-state index contributed by atoms with van der Waals surface area (Å²) in [6, 6.07) is 5.06. The van der Waals surface area contributed by atoms with E-state index < -0.39 is 0 Å². The number of hydrogen-bond donors (Lipinski definition) is 0. The van der Waals surface area contributed by atoms with Gasteiger partial charge in [0.05, 0.1) is 14.2 Å². The highest BCUT2D eigenvalue weighted by Crippen LogP contribution is 2.35. The molecule has 168 valence electrons. The van der Waals surface area contributed by atoms with Crippen LogP contribution < -0.4 is 9.47 Å². The number of ether oxygens (including phenoxy) is 2. The van der Waals surface area contributed by atoms with Crippen molar-refractivity contribution in [1.29, 1.82) is 0 Å². The maximum atomic E-state index is 12.2. The summed E-state index contributed by atoms with van der Waals surface area (Å²) in [5.41, 5.74) is 2.80. The average molecular weight is 418 g/mol. The number of methoxy groups -OCH3 is 2. The second kappa shape index (κ2) is 10.4. The molecule has 1 aromatic carbocycles. The second-order valence-electron chi connectivity index (χ2n) is 8.97. The van der Waals surface area contributed by atoms with Crippen molar-refractivity contribution >= 4 is 6.03 Å². The van der Waals surface area contributed by atoms with Crippen LogP contribution in [0.3, 0.4) is 0 Å². The molecular formula is C24H39N3O3. The van der Waals surface area contributed by atoms with Gasteiger partial charge in [-0.25, -0.2) is 4.79 Å². The Labute approximate surface area is 182 Å². The largest absolute Gasteiger partial charge is 0.493 e. The van der Waals surface area contributed by atoms with E-state index in [9.17, 15) is 4.79 Å². The number of benzene rings is 1. The van der Waals surface area contributed by atoms with Crippen LogP contribution in [0.15, 0.2) is 12.1 Å². The molecule has 1 aromatic rings. The number of hydrogen-bond acceptors (Lipinski definition) is 4. The summed E-state index contributed by atoms with van der Waals surface area (Å²) in [6.45, 7) is 6.32. The first kappa shape index (κ1) is 22.7. The maximum Gasteiger partial charge on any atom is 0.319 e. The van der Waals surface area contributed by atoms with Crippen molar-refractivity contribution in [3.05, 3.63) is 23.3 Å². The number of carbonyl (C=O) groups is 1. The highest BCUT2D eigenvalue weighted by Gasteiger charge is 2.29. The molecule has 1 atom stereocenters. The van der Waals surface area contributed by atoms with Gasteiger partial charge in [-0.05, 0) is 74.2 Å². The Bertz CT molecular complexity index is 714. The molecule has 1 aliphatic carbocycles. The maximum absolute atomic E-state index is 12.2. The fourth-order valence-corrected chi connectivity index (χ4v) is 5.01. The van der Waals surface area contributed by atoms with E-state index in [0.717, 1.165) is 63.4 Å². The van der Waals surface area contributed by atoms with E-state index >= 15 is 0 Å². The van der Waals surface area contributed by atoms with E-state index in [1.807, 2.05) is 19.0 Å². The molecule has 0 bridgehead atoms. The summed E-state index contributed by atoms with van der Waals surface area (Å²) in [5, 5.41) is 0. The summed E-state index contributed by atoms with van der Waals surface area (Å²) in [7, 11) is 7.09. The van der Waals surface area contributed by atoms with E-state index in [2.05, 4.69) is 24.0 Å². The van der Waals surface area contributed by atoms with E-state index in [1.54, 1.807) is 19.1 Å². The molecule has 1 heterocycles. The molecular weight excluding hydrogens is 378 g/mol. The number of rotatable bonds is 7. The number of nitrogens with zero attached hydrogens (tertiary/aromatic N) is 3. The molecule has 0 aromatic heterocycles. The first-order valence-electron chi connectivity index (χ1n) is 11.4. The van der Waals surface area contributed by atoms with Gasteiger partial charge in [-0.3, -0.25) is 4.90 Å². The molecule has 2 aliphatic rings. The molecule has 3 rings (SSSR count). The molecule has 2 amide bonds. The SMILES string of the molecule is CCCN(CC1CCN(C(=O)N(C)C)CC1)C1CCc2cc(OC)c(OC)cc2C1. The topological polar surface area (TPSA) is 45.2 Å². The predicted molar refractivity (Wildman–Crippen MR) is 121 cm³/mol. The lowest BCUT2D eigenvalue weighted by Crippen LogP contribution is -2.47. The normalized spacial score (nSPS) is 19.5. The van der Waals surface area contributed by atoms with Gasteiger partial charge in [0.1, 0.15) is 0 Å². The van der Waals surface area contributed by atoms with Gasteiger partial charge in [-0.1, -0.05) is 6.92 Å². The number of urea groups is 1. The lowest BCUT2D eigenvalue weighted by molar-refractivity contribution is 0.109. The molecule has 1 aliphatic heterocycles. The van der Waals surface area contributed by atoms with Gasteiger partial charge in [-0.2, -0.15) is 0 Å². The van der Waals surface area contributed by atoms with Crippen LogP contribution in [0.2, 0.25) is 0 Å². The molecule has 1 fully saturated rings. The van der Waals surface area contributed by atoms with E-state index in [0.29, 0.717) is 12.0 Å². The number of piperidine rings is 1. The smallest absolute Gasteiger partial charge is 0.319 e. The van der Waals surface area contributed by atoms with Crippen molar-refractivity contribution in [2.45, 2.75) is 51.5 Å². The number of amides is 2. The van der Waals surface area contributed by atoms with Crippen molar-refractivity contribution in [2.75, 3.05) is 54.5 Å². The summed E-state index contributed by atoms with van der Waals surface area (Å²) in [5.74, 6) is 2.34. The first-order valence-corrected chi connectivity index (χ1v) is 11.4. The van der Waals surface area contributed by atoms with Gasteiger partial charge >= 0.3 is 6.03 Å². The first-order chi connectivity index (χ1) is 14.5. The van der Waals surface area contributed by atoms with Gasteiger partial charge in [-0.15, -0.1) is 0 Å². The van der Waals surface area contributed by atoms with Crippen LogP contribution in [0, 0.1) is 5.92 Å². The zero-order chi connectivity index (χ0) is 21.7. The molecule has 0 N–H and O–H groups in total. The molecule has 6 heteroatoms. The Kier molecular flexibility index (Phi) is 7.87. The number of fused-ring (bicyclic) bond motifs is 1. The fourth-order valence-electron chi connectivity index (χ4n) is 5.01. The third kappa shape index (κ3) is 5.20. The van der Waals surface area contributed by atoms with Crippen LogP contribution in [0.5, 0.6) is 11.5 Å². The minimum atomic E-state index is 0.145. The molecule has 30 heavy (non-hydrogen) atoms. The van der Waals surface area contributed by atoms with Crippen LogP contribution in [0.25, 0.3) is 0 Å². The zero-order valence-corrected chi connectivity index (χ0v) is 19.4. The predicted octanol–water partition coefficient (Wildman–Crippen LogP) is 3.67. The van der Waals surface area contributed by atoms with Crippen LogP contribution in [0.4, 0.5) is 4.79 Å². The number of likely N-dealkylation sites (tertiary alicyclic amines) is 1. The Balaban J connectivity index is 1.63. The molecule has 1 unspecified atom stereocenters. The summed E-state index contributed by atoms with van der Waals surface area (Å²) < 4.78 is 11.0. The van der Waals surface area contributed by atoms with Crippen molar-refractivity contribution < 1.29 is 14.3 Å². The van der Waals surface area contributed by atoms with Gasteiger partial charge in [0, 0.05) is 39.8 Å². The standard InChI is InChI=1S/C24H39N3O3/c1-6-11-27(17-18-9-12-26(13-10-18)24(28)25(2)3)21-8-7-19-15-22(29-4)23(30-5)16-20(19)14-21/h15-16,18,21H,6-14,17H2,1-5H3. The van der Waals surface area contributed by atoms with Gasteiger partial charge < -0.3 is 19.3 Å². The highest BCUT2D eigenvalue weighted by molar-refractivity contribution is 5.73. The molecule has 6 nitrogen and oxygen atoms in total. The van der Waals surface area contributed by atoms with Crippen LogP contribution in [0.1, 0.15) is 43.7 Å². The van der Waals surface area contributed by atoms with Crippen LogP contribution in [-0.2, 0) is 12.8 Å². The quantitative estimate of drug-likeness (QED) is 0.679. The van der Waals surface area contributed by atoms with Crippen molar-refractivity contribution in [2.24, 2.45) is 5.92 Å². The number of carbonyl (C=O) groups excluding carboxylic acids is 1. The molecule has 1 saturated heterocycles. The monoisotopic (exact) mass is 417 g/mol. The Morgan fingerprint density at radius 2 is 1.70 bits per heavy atom. The van der Waals surface area contributed by atoms with E-state index in [1.165, 1.54) is 24.0 Å². The van der Waals surface area contributed by atoms with E-state index in [-0.39, 0.29) is 6.03 Å². The van der Waals surface area contributed by atoms with Crippen molar-refractivity contribution in [3.63, 3.8) is 0 Å². The molecule has 0 spiro atoms. The van der Waals surface area contributed by atoms with Crippen molar-refractivity contribution in [1.82, 2.24) is 14.7 Å². The van der Waals surface area contributed by atoms with Gasteiger partial charge in [0.2, 0.25) is 0 Å². The van der Waals surface area contributed by atoms with Crippen LogP contribution >= 0.6 is 0 Å². The second-order valence-corrected chi connectivity index (χ2v) is 8.97. The summed E-state index contributed by atoms with van der Waals surface area (Å²) >= 11 is 0. The summed E-state index contributed by atoms with van der Waals surface area (Å²) in [4.78, 5) is 18.6. The number of aryl methyl sites for hydroxylation is 1.